The monoisotopic (exact) mass is 267 g/mol. The van der Waals surface area contributed by atoms with Crippen molar-refractivity contribution in [3.05, 3.63) is 0 Å². The molecule has 0 saturated carbocycles. The van der Waals surface area contributed by atoms with Crippen LogP contribution in [0.2, 0.25) is 0 Å². The van der Waals surface area contributed by atoms with E-state index in [2.05, 4.69) is 27.1 Å². The zero-order valence-electron chi connectivity index (χ0n) is 8.17. The molecule has 78 valence electrons. The van der Waals surface area contributed by atoms with Crippen molar-refractivity contribution in [1.82, 2.24) is 4.90 Å². The van der Waals surface area contributed by atoms with Crippen LogP contribution in [-0.2, 0) is 4.74 Å². The van der Waals surface area contributed by atoms with Gasteiger partial charge in [0.15, 0.2) is 0 Å². The van der Waals surface area contributed by atoms with Gasteiger partial charge < -0.3 is 4.74 Å². The first-order valence-electron chi connectivity index (χ1n) is 4.75. The highest BCUT2D eigenvalue weighted by Gasteiger charge is 2.18. The fourth-order valence-corrected chi connectivity index (χ4v) is 2.32. The topological polar surface area (TPSA) is 12.5 Å². The Bertz CT molecular complexity index is 137. The van der Waals surface area contributed by atoms with Crippen LogP contribution in [0.5, 0.6) is 0 Å². The highest BCUT2D eigenvalue weighted by Crippen LogP contribution is 2.08. The third-order valence-electron chi connectivity index (χ3n) is 2.22. The van der Waals surface area contributed by atoms with Gasteiger partial charge in [0.25, 0.3) is 0 Å². The van der Waals surface area contributed by atoms with Gasteiger partial charge in [0, 0.05) is 18.4 Å². The lowest BCUT2D eigenvalue weighted by Crippen LogP contribution is -2.43. The molecular formula is C9H18BrNOS. The van der Waals surface area contributed by atoms with Crippen molar-refractivity contribution in [2.75, 3.05) is 43.6 Å². The number of halogens is 1. The van der Waals surface area contributed by atoms with Crippen LogP contribution in [-0.4, -0.2) is 54.6 Å². The molecule has 4 heteroatoms. The smallest absolute Gasteiger partial charge is 0.0799 e. The molecule has 1 atom stereocenters. The lowest BCUT2D eigenvalue weighted by Gasteiger charge is -2.31. The first-order valence-corrected chi connectivity index (χ1v) is 7.27. The summed E-state index contributed by atoms with van der Waals surface area (Å²) in [6, 6.07) is 0. The lowest BCUT2D eigenvalue weighted by atomic mass is 10.3. The van der Waals surface area contributed by atoms with E-state index in [1.165, 1.54) is 18.7 Å². The molecule has 0 aromatic carbocycles. The van der Waals surface area contributed by atoms with Crippen molar-refractivity contribution in [3.8, 4) is 0 Å². The number of rotatable bonds is 5. The number of thioether (sulfide) groups is 1. The second kappa shape index (κ2) is 7.10. The van der Waals surface area contributed by atoms with Crippen LogP contribution < -0.4 is 0 Å². The van der Waals surface area contributed by atoms with E-state index in [4.69, 9.17) is 4.74 Å². The molecule has 2 nitrogen and oxygen atoms in total. The van der Waals surface area contributed by atoms with Crippen LogP contribution >= 0.6 is 27.7 Å². The standard InChI is InChI=1S/C9H18BrNOS/c1-13-6-2-3-11-4-5-12-9(7-10)8-11/h9H,2-8H2,1H3. The Morgan fingerprint density at radius 3 is 3.15 bits per heavy atom. The Hall–Kier alpha value is 0.750. The zero-order chi connectivity index (χ0) is 9.52. The Morgan fingerprint density at radius 1 is 1.62 bits per heavy atom. The fraction of sp³-hybridized carbons (Fsp3) is 1.00. The molecule has 1 aliphatic rings. The molecule has 13 heavy (non-hydrogen) atoms. The molecule has 1 unspecified atom stereocenters. The first kappa shape index (κ1) is 11.8. The third kappa shape index (κ3) is 4.68. The normalized spacial score (nSPS) is 24.9. The van der Waals surface area contributed by atoms with Crippen LogP contribution in [0, 0.1) is 0 Å². The summed E-state index contributed by atoms with van der Waals surface area (Å²) in [5.74, 6) is 1.27. The molecule has 0 N–H and O–H groups in total. The fourth-order valence-electron chi connectivity index (χ4n) is 1.51. The van der Waals surface area contributed by atoms with Crippen molar-refractivity contribution in [2.24, 2.45) is 0 Å². The molecule has 0 aromatic rings. The minimum absolute atomic E-state index is 0.406. The van der Waals surface area contributed by atoms with Gasteiger partial charge >= 0.3 is 0 Å². The molecule has 1 aliphatic heterocycles. The van der Waals surface area contributed by atoms with E-state index in [1.807, 2.05) is 11.8 Å². The summed E-state index contributed by atoms with van der Waals surface area (Å²) in [4.78, 5) is 2.51. The molecule has 1 fully saturated rings. The molecule has 0 bridgehead atoms. The van der Waals surface area contributed by atoms with E-state index in [1.54, 1.807) is 0 Å². The number of morpholine rings is 1. The Labute approximate surface area is 93.5 Å². The second-order valence-electron chi connectivity index (χ2n) is 3.29. The van der Waals surface area contributed by atoms with Crippen molar-refractivity contribution in [1.29, 1.82) is 0 Å². The lowest BCUT2D eigenvalue weighted by molar-refractivity contribution is -0.0148. The maximum absolute atomic E-state index is 5.57. The predicted octanol–water partition coefficient (Wildman–Crippen LogP) is 1.84. The minimum Gasteiger partial charge on any atom is -0.375 e. The summed E-state index contributed by atoms with van der Waals surface area (Å²) < 4.78 is 5.57. The molecule has 0 aromatic heterocycles. The van der Waals surface area contributed by atoms with Gasteiger partial charge in [-0.15, -0.1) is 0 Å². The summed E-state index contributed by atoms with van der Waals surface area (Å²) in [6.45, 7) is 4.33. The zero-order valence-corrected chi connectivity index (χ0v) is 10.6. The number of hydrogen-bond acceptors (Lipinski definition) is 3. The van der Waals surface area contributed by atoms with Crippen LogP contribution in [0.25, 0.3) is 0 Å². The van der Waals surface area contributed by atoms with Gasteiger partial charge in [-0.2, -0.15) is 11.8 Å². The summed E-state index contributed by atoms with van der Waals surface area (Å²) in [7, 11) is 0. The van der Waals surface area contributed by atoms with Gasteiger partial charge in [-0.25, -0.2) is 0 Å². The number of hydrogen-bond donors (Lipinski definition) is 0. The highest BCUT2D eigenvalue weighted by atomic mass is 79.9. The Balaban J connectivity index is 2.11. The van der Waals surface area contributed by atoms with Gasteiger partial charge in [0.2, 0.25) is 0 Å². The van der Waals surface area contributed by atoms with Gasteiger partial charge in [-0.05, 0) is 25.0 Å². The molecular weight excluding hydrogens is 250 g/mol. The molecule has 0 radical (unpaired) electrons. The van der Waals surface area contributed by atoms with Gasteiger partial charge in [0.1, 0.15) is 0 Å². The SMILES string of the molecule is CSCCCN1CCOC(CBr)C1. The maximum atomic E-state index is 5.57. The maximum Gasteiger partial charge on any atom is 0.0799 e. The largest absolute Gasteiger partial charge is 0.375 e. The van der Waals surface area contributed by atoms with E-state index in [-0.39, 0.29) is 0 Å². The molecule has 1 rings (SSSR count). The molecule has 0 spiro atoms. The minimum atomic E-state index is 0.406. The Kier molecular flexibility index (Phi) is 6.45. The average molecular weight is 268 g/mol. The molecule has 1 heterocycles. The quantitative estimate of drug-likeness (QED) is 0.557. The molecule has 1 saturated heterocycles. The van der Waals surface area contributed by atoms with E-state index >= 15 is 0 Å². The van der Waals surface area contributed by atoms with Gasteiger partial charge in [0.05, 0.1) is 12.7 Å². The summed E-state index contributed by atoms with van der Waals surface area (Å²) in [6.07, 6.45) is 3.87. The summed E-state index contributed by atoms with van der Waals surface area (Å²) in [5.41, 5.74) is 0. The second-order valence-corrected chi connectivity index (χ2v) is 4.93. The van der Waals surface area contributed by atoms with Crippen LogP contribution in [0.4, 0.5) is 0 Å². The van der Waals surface area contributed by atoms with E-state index in [0.29, 0.717) is 6.10 Å². The van der Waals surface area contributed by atoms with Crippen LogP contribution in [0.1, 0.15) is 6.42 Å². The highest BCUT2D eigenvalue weighted by molar-refractivity contribution is 9.09. The average Bonchev–Trinajstić information content (AvgIpc) is 2.19. The van der Waals surface area contributed by atoms with Crippen molar-refractivity contribution < 1.29 is 4.74 Å². The van der Waals surface area contributed by atoms with Crippen molar-refractivity contribution in [3.63, 3.8) is 0 Å². The van der Waals surface area contributed by atoms with E-state index < -0.39 is 0 Å². The predicted molar refractivity (Wildman–Crippen MR) is 63.0 cm³/mol. The Morgan fingerprint density at radius 2 is 2.46 bits per heavy atom. The third-order valence-corrected chi connectivity index (χ3v) is 3.64. The van der Waals surface area contributed by atoms with Crippen LogP contribution in [0.15, 0.2) is 0 Å². The molecule has 0 aliphatic carbocycles. The number of alkyl halides is 1. The van der Waals surface area contributed by atoms with Crippen molar-refractivity contribution >= 4 is 27.7 Å². The first-order chi connectivity index (χ1) is 6.36. The number of ether oxygens (including phenoxy) is 1. The van der Waals surface area contributed by atoms with Crippen LogP contribution in [0.3, 0.4) is 0 Å². The van der Waals surface area contributed by atoms with Crippen molar-refractivity contribution in [2.45, 2.75) is 12.5 Å². The summed E-state index contributed by atoms with van der Waals surface area (Å²) >= 11 is 5.39. The molecule has 0 amide bonds. The number of nitrogens with zero attached hydrogens (tertiary/aromatic N) is 1. The van der Waals surface area contributed by atoms with E-state index in [9.17, 15) is 0 Å². The summed E-state index contributed by atoms with van der Waals surface area (Å²) in [5, 5.41) is 0.964. The van der Waals surface area contributed by atoms with Gasteiger partial charge in [-0.3, -0.25) is 4.90 Å². The van der Waals surface area contributed by atoms with E-state index in [0.717, 1.165) is 25.0 Å². The van der Waals surface area contributed by atoms with Gasteiger partial charge in [-0.1, -0.05) is 15.9 Å².